The molecular weight excluding hydrogens is 488 g/mol. The van der Waals surface area contributed by atoms with Crippen LogP contribution in [0.4, 0.5) is 26.3 Å². The van der Waals surface area contributed by atoms with E-state index >= 15 is 0 Å². The number of hydrogen-bond acceptors (Lipinski definition) is 0. The van der Waals surface area contributed by atoms with E-state index in [1.165, 1.54) is 6.07 Å². The topological polar surface area (TPSA) is 4.93 Å². The maximum atomic E-state index is 14.1. The molecule has 0 atom stereocenters. The number of alkyl halides is 6. The Morgan fingerprint density at radius 3 is 1.70 bits per heavy atom. The van der Waals surface area contributed by atoms with Crippen LogP contribution in [0.5, 0.6) is 0 Å². The van der Waals surface area contributed by atoms with Gasteiger partial charge in [0.05, 0.1) is 27.8 Å². The summed E-state index contributed by atoms with van der Waals surface area (Å²) in [6.45, 7) is 0. The first-order valence-corrected chi connectivity index (χ1v) is 11.4. The summed E-state index contributed by atoms with van der Waals surface area (Å²) in [5.41, 5.74) is -0.393. The molecule has 0 aliphatic heterocycles. The molecule has 1 nitrogen and oxygen atoms in total. The fourth-order valence-corrected chi connectivity index (χ4v) is 5.10. The molecule has 0 aliphatic carbocycles. The van der Waals surface area contributed by atoms with E-state index < -0.39 is 23.5 Å². The normalized spacial score (nSPS) is 12.6. The van der Waals surface area contributed by atoms with E-state index in [9.17, 15) is 26.3 Å². The van der Waals surface area contributed by atoms with Crippen LogP contribution in [0.2, 0.25) is 0 Å². The third kappa shape index (κ3) is 3.73. The summed E-state index contributed by atoms with van der Waals surface area (Å²) >= 11 is 0. The molecular formula is C30H17F6N. The minimum atomic E-state index is -4.99. The molecule has 0 aliphatic rings. The molecule has 0 fully saturated rings. The first kappa shape index (κ1) is 23.2. The van der Waals surface area contributed by atoms with Crippen molar-refractivity contribution in [1.82, 2.24) is 4.57 Å². The van der Waals surface area contributed by atoms with Gasteiger partial charge in [0.15, 0.2) is 0 Å². The quantitative estimate of drug-likeness (QED) is 0.207. The summed E-state index contributed by atoms with van der Waals surface area (Å²) in [5.74, 6) is 0. The van der Waals surface area contributed by atoms with Gasteiger partial charge in [-0.1, -0.05) is 72.8 Å². The maximum Gasteiger partial charge on any atom is 0.417 e. The Morgan fingerprint density at radius 1 is 0.514 bits per heavy atom. The number of aromatic nitrogens is 1. The second kappa shape index (κ2) is 8.13. The Morgan fingerprint density at radius 2 is 1.11 bits per heavy atom. The first-order chi connectivity index (χ1) is 17.6. The lowest BCUT2D eigenvalue weighted by Gasteiger charge is -2.19. The van der Waals surface area contributed by atoms with Crippen molar-refractivity contribution in [1.29, 1.82) is 0 Å². The van der Waals surface area contributed by atoms with Crippen molar-refractivity contribution < 1.29 is 26.3 Å². The Hall–Kier alpha value is -4.26. The molecule has 0 amide bonds. The molecule has 0 unspecified atom stereocenters. The standard InChI is InChI=1S/C30H17F6N/c31-29(32,33)19-15-16-20(24(17-19)30(34,35)36)23-11-5-7-18-8-6-14-27(28(18)23)37-25-12-3-1-9-21(25)22-10-2-4-13-26(22)37/h1-17H. The summed E-state index contributed by atoms with van der Waals surface area (Å²) < 4.78 is 84.3. The molecule has 184 valence electrons. The molecule has 6 rings (SSSR count). The van der Waals surface area contributed by atoms with Gasteiger partial charge >= 0.3 is 12.4 Å². The zero-order valence-electron chi connectivity index (χ0n) is 19.0. The zero-order chi connectivity index (χ0) is 25.9. The lowest BCUT2D eigenvalue weighted by molar-refractivity contribution is -0.142. The van der Waals surface area contributed by atoms with E-state index in [2.05, 4.69) is 0 Å². The monoisotopic (exact) mass is 505 g/mol. The Kier molecular flexibility index (Phi) is 5.09. The van der Waals surface area contributed by atoms with Crippen LogP contribution in [0, 0.1) is 0 Å². The van der Waals surface area contributed by atoms with Crippen LogP contribution in [0.3, 0.4) is 0 Å². The van der Waals surface area contributed by atoms with E-state index in [1.54, 1.807) is 18.2 Å². The van der Waals surface area contributed by atoms with Gasteiger partial charge in [0.2, 0.25) is 0 Å². The minimum absolute atomic E-state index is 0.192. The van der Waals surface area contributed by atoms with Crippen molar-refractivity contribution >= 4 is 32.6 Å². The number of hydrogen-bond donors (Lipinski definition) is 0. The molecule has 6 aromatic rings. The smallest absolute Gasteiger partial charge is 0.309 e. The van der Waals surface area contributed by atoms with Crippen LogP contribution in [0.25, 0.3) is 49.4 Å². The molecule has 0 saturated heterocycles. The largest absolute Gasteiger partial charge is 0.417 e. The molecule has 0 radical (unpaired) electrons. The summed E-state index contributed by atoms with van der Waals surface area (Å²) in [6.07, 6.45) is -9.88. The van der Waals surface area contributed by atoms with Gasteiger partial charge in [0.25, 0.3) is 0 Å². The number of benzene rings is 5. The Labute approximate surface area is 207 Å². The highest BCUT2D eigenvalue weighted by atomic mass is 19.4. The molecule has 1 aromatic heterocycles. The summed E-state index contributed by atoms with van der Waals surface area (Å²) in [7, 11) is 0. The van der Waals surface area contributed by atoms with E-state index in [0.29, 0.717) is 22.5 Å². The van der Waals surface area contributed by atoms with E-state index in [0.717, 1.165) is 27.9 Å². The van der Waals surface area contributed by atoms with Gasteiger partial charge < -0.3 is 4.57 Å². The van der Waals surface area contributed by atoms with Gasteiger partial charge in [0, 0.05) is 16.2 Å². The van der Waals surface area contributed by atoms with Crippen LogP contribution < -0.4 is 0 Å². The predicted octanol–water partition coefficient (Wildman–Crippen LogP) is 9.64. The number of halogens is 6. The van der Waals surface area contributed by atoms with E-state index in [4.69, 9.17) is 0 Å². The second-order valence-corrected chi connectivity index (χ2v) is 8.81. The molecule has 0 N–H and O–H groups in total. The SMILES string of the molecule is FC(F)(F)c1ccc(-c2cccc3cccc(-n4c5ccccc5c5ccccc54)c23)c(C(F)(F)F)c1. The van der Waals surface area contributed by atoms with Crippen molar-refractivity contribution in [3.05, 3.63) is 114 Å². The number of rotatable bonds is 2. The zero-order valence-corrected chi connectivity index (χ0v) is 19.0. The van der Waals surface area contributed by atoms with Gasteiger partial charge in [-0.2, -0.15) is 26.3 Å². The number of fused-ring (bicyclic) bond motifs is 4. The minimum Gasteiger partial charge on any atom is -0.309 e. The number of nitrogens with zero attached hydrogens (tertiary/aromatic N) is 1. The van der Waals surface area contributed by atoms with E-state index in [-0.39, 0.29) is 17.2 Å². The highest BCUT2D eigenvalue weighted by molar-refractivity contribution is 6.12. The van der Waals surface area contributed by atoms with Crippen molar-refractivity contribution in [2.45, 2.75) is 12.4 Å². The van der Waals surface area contributed by atoms with Gasteiger partial charge in [-0.05, 0) is 46.8 Å². The Balaban J connectivity index is 1.73. The number of para-hydroxylation sites is 2. The molecule has 5 aromatic carbocycles. The lowest BCUT2D eigenvalue weighted by atomic mass is 9.92. The van der Waals surface area contributed by atoms with Crippen molar-refractivity contribution in [2.24, 2.45) is 0 Å². The summed E-state index contributed by atoms with van der Waals surface area (Å²) in [4.78, 5) is 0. The predicted molar refractivity (Wildman–Crippen MR) is 134 cm³/mol. The second-order valence-electron chi connectivity index (χ2n) is 8.81. The first-order valence-electron chi connectivity index (χ1n) is 11.4. The van der Waals surface area contributed by atoms with Crippen molar-refractivity contribution in [3.8, 4) is 16.8 Å². The average Bonchev–Trinajstić information content (AvgIpc) is 3.21. The summed E-state index contributed by atoms with van der Waals surface area (Å²) in [6, 6.07) is 27.6. The maximum absolute atomic E-state index is 14.1. The third-order valence-electron chi connectivity index (χ3n) is 6.65. The molecule has 0 saturated carbocycles. The van der Waals surface area contributed by atoms with Crippen molar-refractivity contribution in [2.75, 3.05) is 0 Å². The van der Waals surface area contributed by atoms with Crippen LogP contribution in [0.1, 0.15) is 11.1 Å². The van der Waals surface area contributed by atoms with Gasteiger partial charge in [-0.15, -0.1) is 0 Å². The fourth-order valence-electron chi connectivity index (χ4n) is 5.10. The van der Waals surface area contributed by atoms with Crippen LogP contribution >= 0.6 is 0 Å². The Bertz CT molecular complexity index is 1750. The van der Waals surface area contributed by atoms with Crippen LogP contribution in [-0.2, 0) is 12.4 Å². The van der Waals surface area contributed by atoms with Gasteiger partial charge in [-0.3, -0.25) is 0 Å². The van der Waals surface area contributed by atoms with Crippen LogP contribution in [0.15, 0.2) is 103 Å². The van der Waals surface area contributed by atoms with Gasteiger partial charge in [-0.25, -0.2) is 0 Å². The molecule has 37 heavy (non-hydrogen) atoms. The molecule has 0 bridgehead atoms. The van der Waals surface area contributed by atoms with Gasteiger partial charge in [0.1, 0.15) is 0 Å². The highest BCUT2D eigenvalue weighted by Gasteiger charge is 2.38. The highest BCUT2D eigenvalue weighted by Crippen LogP contribution is 2.44. The van der Waals surface area contributed by atoms with Crippen LogP contribution in [-0.4, -0.2) is 4.57 Å². The van der Waals surface area contributed by atoms with E-state index in [1.807, 2.05) is 65.2 Å². The average molecular weight is 505 g/mol. The molecule has 7 heteroatoms. The van der Waals surface area contributed by atoms with Crippen molar-refractivity contribution in [3.63, 3.8) is 0 Å². The molecule has 0 spiro atoms. The summed E-state index contributed by atoms with van der Waals surface area (Å²) in [5, 5.41) is 3.16. The molecule has 1 heterocycles. The lowest BCUT2D eigenvalue weighted by Crippen LogP contribution is -2.12. The third-order valence-corrected chi connectivity index (χ3v) is 6.65. The fraction of sp³-hybridized carbons (Fsp3) is 0.0667.